The normalized spacial score (nSPS) is 14.9. The Bertz CT molecular complexity index is 524. The number of likely N-dealkylation sites (tertiary alicyclic amines) is 1. The molecule has 1 N–H and O–H groups in total. The average Bonchev–Trinajstić information content (AvgIpc) is 3.33. The van der Waals surface area contributed by atoms with Crippen LogP contribution in [0.5, 0.6) is 0 Å². The SMILES string of the molecule is CC.CCCC(=O)N1CCC(OC)C1.CCCC(C)(C)CCC.CCCCC(=O)NCC(C)(C)CCC. The van der Waals surface area contributed by atoms with Crippen LogP contribution in [0.4, 0.5) is 0 Å². The van der Waals surface area contributed by atoms with Gasteiger partial charge in [-0.25, -0.2) is 0 Å². The van der Waals surface area contributed by atoms with E-state index in [4.69, 9.17) is 4.74 Å². The number of methoxy groups -OCH3 is 1. The summed E-state index contributed by atoms with van der Waals surface area (Å²) in [7, 11) is 1.71. The highest BCUT2D eigenvalue weighted by molar-refractivity contribution is 5.76. The van der Waals surface area contributed by atoms with Crippen molar-refractivity contribution >= 4 is 11.8 Å². The lowest BCUT2D eigenvalue weighted by molar-refractivity contribution is -0.130. The molecule has 1 unspecified atom stereocenters. The molecule has 1 atom stereocenters. The van der Waals surface area contributed by atoms with Crippen molar-refractivity contribution in [1.29, 1.82) is 0 Å². The number of hydrogen-bond acceptors (Lipinski definition) is 3. The highest BCUT2D eigenvalue weighted by atomic mass is 16.5. The van der Waals surface area contributed by atoms with E-state index in [1.807, 2.05) is 25.7 Å². The van der Waals surface area contributed by atoms with Crippen molar-refractivity contribution in [2.24, 2.45) is 10.8 Å². The third-order valence-electron chi connectivity index (χ3n) is 6.60. The van der Waals surface area contributed by atoms with Crippen LogP contribution < -0.4 is 5.32 Å². The monoisotopic (exact) mass is 529 g/mol. The first-order valence-electron chi connectivity index (χ1n) is 15.5. The van der Waals surface area contributed by atoms with Crippen molar-refractivity contribution in [3.63, 3.8) is 0 Å². The Hall–Kier alpha value is -1.10. The molecule has 0 aromatic heterocycles. The summed E-state index contributed by atoms with van der Waals surface area (Å²) in [4.78, 5) is 24.6. The average molecular weight is 529 g/mol. The number of nitrogens with zero attached hydrogens (tertiary/aromatic N) is 1. The maximum Gasteiger partial charge on any atom is 0.222 e. The van der Waals surface area contributed by atoms with Gasteiger partial charge in [-0.1, -0.05) is 102 Å². The molecule has 1 rings (SSSR count). The van der Waals surface area contributed by atoms with Gasteiger partial charge in [0.1, 0.15) is 0 Å². The molecule has 0 spiro atoms. The van der Waals surface area contributed by atoms with Gasteiger partial charge in [-0.05, 0) is 49.4 Å². The molecule has 1 fully saturated rings. The first-order valence-corrected chi connectivity index (χ1v) is 15.5. The summed E-state index contributed by atoms with van der Waals surface area (Å²) in [6.45, 7) is 26.4. The third-order valence-corrected chi connectivity index (χ3v) is 6.60. The van der Waals surface area contributed by atoms with Crippen molar-refractivity contribution in [3.05, 3.63) is 0 Å². The Morgan fingerprint density at radius 2 is 1.32 bits per heavy atom. The first-order chi connectivity index (χ1) is 17.4. The van der Waals surface area contributed by atoms with Crippen LogP contribution in [0.15, 0.2) is 0 Å². The Balaban J connectivity index is -0.000000462. The standard InChI is InChI=1S/C12H25NO.C9H17NO2.C9H20.C2H6/c1-5-7-8-11(14)13-10-12(3,4)9-6-2;1-3-4-9(11)10-6-5-8(7-10)12-2;1-5-7-9(3,4)8-6-2;1-2/h5-10H2,1-4H3,(H,13,14);8H,3-7H2,1-2H3;5-8H2,1-4H3;1-2H3. The predicted octanol–water partition coefficient (Wildman–Crippen LogP) is 8.79. The number of hydrogen-bond donors (Lipinski definition) is 1. The third kappa shape index (κ3) is 25.0. The fraction of sp³-hybridized carbons (Fsp3) is 0.938. The molecule has 2 amide bonds. The Morgan fingerprint density at radius 3 is 1.73 bits per heavy atom. The summed E-state index contributed by atoms with van der Waals surface area (Å²) in [5.74, 6) is 0.480. The highest BCUT2D eigenvalue weighted by Gasteiger charge is 2.25. The number of nitrogens with one attached hydrogen (secondary N) is 1. The Labute approximate surface area is 233 Å². The lowest BCUT2D eigenvalue weighted by Crippen LogP contribution is -2.33. The maximum absolute atomic E-state index is 11.4. The van der Waals surface area contributed by atoms with Gasteiger partial charge in [-0.2, -0.15) is 0 Å². The minimum Gasteiger partial charge on any atom is -0.380 e. The molecule has 0 radical (unpaired) electrons. The molecule has 1 aliphatic heterocycles. The predicted molar refractivity (Wildman–Crippen MR) is 163 cm³/mol. The van der Waals surface area contributed by atoms with E-state index >= 15 is 0 Å². The van der Waals surface area contributed by atoms with E-state index in [1.54, 1.807) is 7.11 Å². The summed E-state index contributed by atoms with van der Waals surface area (Å²) in [6, 6.07) is 0. The second-order valence-corrected chi connectivity index (χ2v) is 11.7. The molecular weight excluding hydrogens is 460 g/mol. The minimum absolute atomic E-state index is 0.205. The molecular formula is C32H68N2O3. The lowest BCUT2D eigenvalue weighted by Gasteiger charge is -2.24. The molecule has 0 saturated carbocycles. The molecule has 1 saturated heterocycles. The molecule has 0 aromatic carbocycles. The number of amides is 2. The van der Waals surface area contributed by atoms with Crippen molar-refractivity contribution in [3.8, 4) is 0 Å². The molecule has 0 aromatic rings. The van der Waals surface area contributed by atoms with Crippen LogP contribution in [0.3, 0.4) is 0 Å². The van der Waals surface area contributed by atoms with Crippen LogP contribution >= 0.6 is 0 Å². The summed E-state index contributed by atoms with van der Waals surface area (Å²) in [5, 5.41) is 3.00. The molecule has 5 nitrogen and oxygen atoms in total. The summed E-state index contributed by atoms with van der Waals surface area (Å²) in [6.07, 6.45) is 13.4. The highest BCUT2D eigenvalue weighted by Crippen LogP contribution is 2.27. The van der Waals surface area contributed by atoms with Crippen LogP contribution in [0.2, 0.25) is 0 Å². The zero-order valence-corrected chi connectivity index (χ0v) is 27.4. The smallest absolute Gasteiger partial charge is 0.222 e. The van der Waals surface area contributed by atoms with E-state index in [-0.39, 0.29) is 23.3 Å². The molecule has 0 bridgehead atoms. The number of ether oxygens (including phenoxy) is 1. The maximum atomic E-state index is 11.4. The van der Waals surface area contributed by atoms with Gasteiger partial charge >= 0.3 is 0 Å². The van der Waals surface area contributed by atoms with E-state index < -0.39 is 0 Å². The number of carbonyl (C=O) groups excluding carboxylic acids is 2. The van der Waals surface area contributed by atoms with E-state index in [9.17, 15) is 9.59 Å². The minimum atomic E-state index is 0.205. The van der Waals surface area contributed by atoms with Crippen LogP contribution in [0.1, 0.15) is 153 Å². The topological polar surface area (TPSA) is 58.6 Å². The first kappa shape index (κ1) is 40.4. The second kappa shape index (κ2) is 25.2. The fourth-order valence-corrected chi connectivity index (χ4v) is 4.53. The van der Waals surface area contributed by atoms with Gasteiger partial charge in [0, 0.05) is 39.6 Å². The number of unbranched alkanes of at least 4 members (excludes halogenated alkanes) is 1. The van der Waals surface area contributed by atoms with Gasteiger partial charge in [0.2, 0.25) is 11.8 Å². The summed E-state index contributed by atoms with van der Waals surface area (Å²) < 4.78 is 5.18. The number of carbonyl (C=O) groups is 2. The number of rotatable bonds is 14. The van der Waals surface area contributed by atoms with Gasteiger partial charge in [-0.15, -0.1) is 0 Å². The van der Waals surface area contributed by atoms with Crippen LogP contribution in [0.25, 0.3) is 0 Å². The van der Waals surface area contributed by atoms with E-state index in [0.717, 1.165) is 45.3 Å². The summed E-state index contributed by atoms with van der Waals surface area (Å²) in [5.41, 5.74) is 0.847. The molecule has 0 aliphatic carbocycles. The Morgan fingerprint density at radius 1 is 0.811 bits per heavy atom. The summed E-state index contributed by atoms with van der Waals surface area (Å²) >= 11 is 0. The Kier molecular flexibility index (Phi) is 27.5. The van der Waals surface area contributed by atoms with Gasteiger partial charge in [0.15, 0.2) is 0 Å². The van der Waals surface area contributed by atoms with Gasteiger partial charge in [-0.3, -0.25) is 9.59 Å². The zero-order valence-electron chi connectivity index (χ0n) is 27.4. The van der Waals surface area contributed by atoms with Gasteiger partial charge in [0.25, 0.3) is 0 Å². The van der Waals surface area contributed by atoms with Crippen molar-refractivity contribution < 1.29 is 14.3 Å². The molecule has 5 heteroatoms. The quantitative estimate of drug-likeness (QED) is 0.245. The van der Waals surface area contributed by atoms with Gasteiger partial charge < -0.3 is 15.0 Å². The van der Waals surface area contributed by atoms with E-state index in [2.05, 4.69) is 60.7 Å². The van der Waals surface area contributed by atoms with Crippen LogP contribution in [-0.4, -0.2) is 49.6 Å². The van der Waals surface area contributed by atoms with E-state index in [1.165, 1.54) is 38.5 Å². The van der Waals surface area contributed by atoms with Crippen LogP contribution in [-0.2, 0) is 14.3 Å². The molecule has 1 heterocycles. The van der Waals surface area contributed by atoms with Crippen LogP contribution in [0, 0.1) is 10.8 Å². The molecule has 1 aliphatic rings. The fourth-order valence-electron chi connectivity index (χ4n) is 4.53. The van der Waals surface area contributed by atoms with E-state index in [0.29, 0.717) is 18.3 Å². The van der Waals surface area contributed by atoms with Crippen molar-refractivity contribution in [2.45, 2.75) is 159 Å². The largest absolute Gasteiger partial charge is 0.380 e. The van der Waals surface area contributed by atoms with Gasteiger partial charge in [0.05, 0.1) is 6.10 Å². The zero-order chi connectivity index (χ0) is 29.3. The molecule has 224 valence electrons. The van der Waals surface area contributed by atoms with Crippen molar-refractivity contribution in [2.75, 3.05) is 26.7 Å². The van der Waals surface area contributed by atoms with Crippen molar-refractivity contribution in [1.82, 2.24) is 10.2 Å². The molecule has 37 heavy (non-hydrogen) atoms. The second-order valence-electron chi connectivity index (χ2n) is 11.7. The lowest BCUT2D eigenvalue weighted by atomic mass is 9.84.